The number of hydrogen-bond acceptors (Lipinski definition) is 5. The van der Waals surface area contributed by atoms with E-state index in [0.717, 1.165) is 5.01 Å². The fourth-order valence-corrected chi connectivity index (χ4v) is 1.89. The van der Waals surface area contributed by atoms with Crippen LogP contribution in [0.1, 0.15) is 37.4 Å². The summed E-state index contributed by atoms with van der Waals surface area (Å²) in [5, 5.41) is 13.6. The summed E-state index contributed by atoms with van der Waals surface area (Å²) >= 11 is 1.51. The van der Waals surface area contributed by atoms with Crippen LogP contribution in [0.15, 0.2) is 5.38 Å². The number of thiazole rings is 1. The van der Waals surface area contributed by atoms with E-state index in [9.17, 15) is 9.59 Å². The van der Waals surface area contributed by atoms with Crippen molar-refractivity contribution in [2.45, 2.75) is 39.3 Å². The predicted molar refractivity (Wildman–Crippen MR) is 66.6 cm³/mol. The number of nitrogens with one attached hydrogen (secondary N) is 1. The van der Waals surface area contributed by atoms with Crippen molar-refractivity contribution in [1.82, 2.24) is 10.3 Å². The Morgan fingerprint density at radius 3 is 2.67 bits per heavy atom. The molecule has 18 heavy (non-hydrogen) atoms. The van der Waals surface area contributed by atoms with Crippen LogP contribution < -0.4 is 5.32 Å². The number of amides is 1. The highest BCUT2D eigenvalue weighted by molar-refractivity contribution is 7.09. The van der Waals surface area contributed by atoms with Crippen molar-refractivity contribution in [1.29, 1.82) is 0 Å². The Morgan fingerprint density at radius 1 is 1.50 bits per heavy atom. The van der Waals surface area contributed by atoms with Gasteiger partial charge in [0.25, 0.3) is 0 Å². The Labute approximate surface area is 109 Å². The summed E-state index contributed by atoms with van der Waals surface area (Å²) in [4.78, 5) is 26.1. The van der Waals surface area contributed by atoms with Crippen LogP contribution in [-0.4, -0.2) is 28.2 Å². The molecule has 0 aromatic carbocycles. The second-order valence-corrected chi connectivity index (χ2v) is 5.00. The van der Waals surface area contributed by atoms with Gasteiger partial charge in [0.05, 0.1) is 10.7 Å². The highest BCUT2D eigenvalue weighted by Gasteiger charge is 2.15. The molecule has 1 atom stereocenters. The van der Waals surface area contributed by atoms with Crippen molar-refractivity contribution in [2.75, 3.05) is 0 Å². The zero-order valence-corrected chi connectivity index (χ0v) is 11.3. The molecule has 0 bridgehead atoms. The molecule has 0 aliphatic rings. The van der Waals surface area contributed by atoms with Crippen LogP contribution in [0.25, 0.3) is 0 Å². The van der Waals surface area contributed by atoms with Crippen molar-refractivity contribution < 1.29 is 19.4 Å². The summed E-state index contributed by atoms with van der Waals surface area (Å²) in [6.07, 6.45) is -0.760. The molecule has 0 unspecified atom stereocenters. The highest BCUT2D eigenvalue weighted by atomic mass is 32.1. The van der Waals surface area contributed by atoms with Crippen molar-refractivity contribution in [2.24, 2.45) is 0 Å². The van der Waals surface area contributed by atoms with E-state index >= 15 is 0 Å². The van der Waals surface area contributed by atoms with Gasteiger partial charge >= 0.3 is 12.1 Å². The van der Waals surface area contributed by atoms with E-state index in [1.807, 2.05) is 19.2 Å². The Kier molecular flexibility index (Phi) is 5.08. The van der Waals surface area contributed by atoms with Gasteiger partial charge in [-0.05, 0) is 6.92 Å². The number of aromatic nitrogens is 1. The molecule has 100 valence electrons. The number of carboxylic acids is 1. The van der Waals surface area contributed by atoms with E-state index in [2.05, 4.69) is 10.3 Å². The van der Waals surface area contributed by atoms with E-state index in [1.54, 1.807) is 0 Å². The van der Waals surface area contributed by atoms with Gasteiger partial charge in [-0.2, -0.15) is 0 Å². The molecule has 1 heterocycles. The van der Waals surface area contributed by atoms with Gasteiger partial charge in [0, 0.05) is 11.3 Å². The number of aliphatic carboxylic acids is 1. The quantitative estimate of drug-likeness (QED) is 0.855. The summed E-state index contributed by atoms with van der Waals surface area (Å²) in [6.45, 7) is 5.47. The van der Waals surface area contributed by atoms with Crippen molar-refractivity contribution in [3.8, 4) is 0 Å². The second kappa shape index (κ2) is 6.34. The lowest BCUT2D eigenvalue weighted by molar-refractivity contribution is -0.138. The predicted octanol–water partition coefficient (Wildman–Crippen LogP) is 1.97. The van der Waals surface area contributed by atoms with Gasteiger partial charge in [0.1, 0.15) is 12.6 Å². The van der Waals surface area contributed by atoms with Crippen LogP contribution in [0.3, 0.4) is 0 Å². The minimum absolute atomic E-state index is 0.0430. The number of nitrogens with zero attached hydrogens (tertiary/aromatic N) is 1. The standard InChI is InChI=1S/C11H16N2O4S/c1-6(2)9-13-8(5-18-9)4-17-11(16)12-7(3)10(14)15/h5-7H,4H2,1-3H3,(H,12,16)(H,14,15)/t7-/m0/s1. The highest BCUT2D eigenvalue weighted by Crippen LogP contribution is 2.19. The zero-order chi connectivity index (χ0) is 13.7. The molecule has 2 N–H and O–H groups in total. The van der Waals surface area contributed by atoms with Crippen LogP contribution in [0.5, 0.6) is 0 Å². The fourth-order valence-electron chi connectivity index (χ4n) is 1.07. The molecule has 0 fully saturated rings. The molecule has 6 nitrogen and oxygen atoms in total. The summed E-state index contributed by atoms with van der Waals surface area (Å²) in [5.74, 6) is -0.771. The maximum absolute atomic E-state index is 11.3. The number of carbonyl (C=O) groups is 2. The van der Waals surface area contributed by atoms with Crippen LogP contribution in [0, 0.1) is 0 Å². The molecule has 0 radical (unpaired) electrons. The second-order valence-electron chi connectivity index (χ2n) is 4.11. The minimum atomic E-state index is -1.11. The number of hydrogen-bond donors (Lipinski definition) is 2. The lowest BCUT2D eigenvalue weighted by Gasteiger charge is -2.08. The molecule has 1 aromatic heterocycles. The van der Waals surface area contributed by atoms with Crippen molar-refractivity contribution in [3.63, 3.8) is 0 Å². The van der Waals surface area contributed by atoms with Crippen LogP contribution >= 0.6 is 11.3 Å². The SMILES string of the molecule is CC(C)c1nc(COC(=O)N[C@@H](C)C(=O)O)cs1. The van der Waals surface area contributed by atoms with Gasteiger partial charge in [-0.3, -0.25) is 4.79 Å². The van der Waals surface area contributed by atoms with Crippen LogP contribution in [0.2, 0.25) is 0 Å². The first-order valence-electron chi connectivity index (χ1n) is 5.50. The number of alkyl carbamates (subject to hydrolysis) is 1. The monoisotopic (exact) mass is 272 g/mol. The lowest BCUT2D eigenvalue weighted by atomic mass is 10.2. The maximum atomic E-state index is 11.3. The minimum Gasteiger partial charge on any atom is -0.480 e. The van der Waals surface area contributed by atoms with Gasteiger partial charge < -0.3 is 15.2 Å². The third-order valence-corrected chi connectivity index (χ3v) is 3.31. The number of rotatable bonds is 5. The molecule has 0 saturated heterocycles. The van der Waals surface area contributed by atoms with Gasteiger partial charge in [0.2, 0.25) is 0 Å². The molecule has 0 aliphatic carbocycles. The first-order chi connectivity index (χ1) is 8.40. The Bertz CT molecular complexity index is 430. The molecule has 7 heteroatoms. The molecule has 0 aliphatic heterocycles. The average molecular weight is 272 g/mol. The summed E-state index contributed by atoms with van der Waals surface area (Å²) in [5.41, 5.74) is 0.668. The first kappa shape index (κ1) is 14.4. The van der Waals surface area contributed by atoms with Crippen molar-refractivity contribution >= 4 is 23.4 Å². The Hall–Kier alpha value is -1.63. The lowest BCUT2D eigenvalue weighted by Crippen LogP contribution is -2.38. The zero-order valence-electron chi connectivity index (χ0n) is 10.5. The van der Waals surface area contributed by atoms with Crippen LogP contribution in [-0.2, 0) is 16.1 Å². The van der Waals surface area contributed by atoms with E-state index in [4.69, 9.17) is 9.84 Å². The van der Waals surface area contributed by atoms with E-state index in [-0.39, 0.29) is 6.61 Å². The molecule has 1 amide bonds. The molecule has 0 saturated carbocycles. The smallest absolute Gasteiger partial charge is 0.408 e. The van der Waals surface area contributed by atoms with Gasteiger partial charge in [0.15, 0.2) is 0 Å². The van der Waals surface area contributed by atoms with E-state index in [0.29, 0.717) is 11.6 Å². The molecule has 1 rings (SSSR count). The van der Waals surface area contributed by atoms with Gasteiger partial charge in [-0.1, -0.05) is 13.8 Å². The Balaban J connectivity index is 2.40. The first-order valence-corrected chi connectivity index (χ1v) is 6.38. The van der Waals surface area contributed by atoms with Gasteiger partial charge in [-0.25, -0.2) is 9.78 Å². The van der Waals surface area contributed by atoms with Crippen LogP contribution in [0.4, 0.5) is 4.79 Å². The third kappa shape index (κ3) is 4.33. The Morgan fingerprint density at radius 2 is 2.17 bits per heavy atom. The average Bonchev–Trinajstić information content (AvgIpc) is 2.74. The summed E-state index contributed by atoms with van der Waals surface area (Å²) in [6, 6.07) is -0.973. The fraction of sp³-hybridized carbons (Fsp3) is 0.545. The molecule has 1 aromatic rings. The molecular weight excluding hydrogens is 256 g/mol. The molecular formula is C11H16N2O4S. The topological polar surface area (TPSA) is 88.5 Å². The van der Waals surface area contributed by atoms with E-state index in [1.165, 1.54) is 18.3 Å². The number of ether oxygens (including phenoxy) is 1. The largest absolute Gasteiger partial charge is 0.480 e. The maximum Gasteiger partial charge on any atom is 0.408 e. The van der Waals surface area contributed by atoms with Gasteiger partial charge in [-0.15, -0.1) is 11.3 Å². The summed E-state index contributed by atoms with van der Waals surface area (Å²) in [7, 11) is 0. The normalized spacial score (nSPS) is 12.2. The third-order valence-electron chi connectivity index (χ3n) is 2.12. The molecule has 0 spiro atoms. The van der Waals surface area contributed by atoms with E-state index < -0.39 is 18.1 Å². The number of carboxylic acid groups (broad SMARTS) is 1. The number of carbonyl (C=O) groups excluding carboxylic acids is 1. The van der Waals surface area contributed by atoms with Crippen molar-refractivity contribution in [3.05, 3.63) is 16.1 Å². The summed E-state index contributed by atoms with van der Waals surface area (Å²) < 4.78 is 4.87.